The molecule has 2 N–H and O–H groups in total. The van der Waals surface area contributed by atoms with Gasteiger partial charge in [-0.3, -0.25) is 5.84 Å². The Bertz CT molecular complexity index is 248. The number of nitrogens with two attached hydrogens (primary N) is 1. The molecule has 0 heterocycles. The van der Waals surface area contributed by atoms with Gasteiger partial charge in [0, 0.05) is 13.6 Å². The highest BCUT2D eigenvalue weighted by Gasteiger charge is 1.96. The molecule has 3 nitrogen and oxygen atoms in total. The minimum absolute atomic E-state index is 0.733. The number of rotatable bonds is 3. The van der Waals surface area contributed by atoms with E-state index in [0.29, 0.717) is 0 Å². The van der Waals surface area contributed by atoms with Gasteiger partial charge in [-0.05, 0) is 17.7 Å². The third kappa shape index (κ3) is 2.53. The molecule has 0 atom stereocenters. The molecule has 0 spiro atoms. The highest BCUT2D eigenvalue weighted by atomic mass is 16.5. The first-order chi connectivity index (χ1) is 5.72. The van der Waals surface area contributed by atoms with Crippen LogP contribution >= 0.6 is 0 Å². The van der Waals surface area contributed by atoms with E-state index in [1.165, 1.54) is 0 Å². The molecule has 0 radical (unpaired) electrons. The smallest absolute Gasteiger partial charge is 0.119 e. The molecule has 1 aromatic rings. The van der Waals surface area contributed by atoms with Gasteiger partial charge in [-0.25, -0.2) is 5.01 Å². The van der Waals surface area contributed by atoms with Crippen molar-refractivity contribution >= 4 is 0 Å². The molecular weight excluding hydrogens is 152 g/mol. The molecule has 0 fully saturated rings. The molecule has 1 rings (SSSR count). The SMILES string of the molecule is COc1cccc(CN(C)N)c1. The van der Waals surface area contributed by atoms with Crippen molar-refractivity contribution < 1.29 is 4.74 Å². The van der Waals surface area contributed by atoms with Gasteiger partial charge in [-0.15, -0.1) is 0 Å². The number of hydrogen-bond acceptors (Lipinski definition) is 3. The van der Waals surface area contributed by atoms with E-state index in [-0.39, 0.29) is 0 Å². The van der Waals surface area contributed by atoms with E-state index in [9.17, 15) is 0 Å². The van der Waals surface area contributed by atoms with Crippen molar-refractivity contribution in [2.24, 2.45) is 5.84 Å². The molecular formula is C9H14N2O. The fourth-order valence-corrected chi connectivity index (χ4v) is 1.06. The summed E-state index contributed by atoms with van der Waals surface area (Å²) in [6, 6.07) is 7.87. The van der Waals surface area contributed by atoms with Gasteiger partial charge in [0.15, 0.2) is 0 Å². The van der Waals surface area contributed by atoms with Crippen LogP contribution in [0.25, 0.3) is 0 Å². The van der Waals surface area contributed by atoms with Crippen molar-refractivity contribution in [1.82, 2.24) is 5.01 Å². The average molecular weight is 166 g/mol. The van der Waals surface area contributed by atoms with Crippen LogP contribution in [0.5, 0.6) is 5.75 Å². The van der Waals surface area contributed by atoms with E-state index in [4.69, 9.17) is 10.6 Å². The molecule has 0 saturated carbocycles. The topological polar surface area (TPSA) is 38.5 Å². The Balaban J connectivity index is 2.72. The van der Waals surface area contributed by atoms with Gasteiger partial charge in [-0.1, -0.05) is 12.1 Å². The Morgan fingerprint density at radius 2 is 2.25 bits per heavy atom. The van der Waals surface area contributed by atoms with E-state index in [1.54, 1.807) is 12.1 Å². The molecule has 66 valence electrons. The van der Waals surface area contributed by atoms with Crippen LogP contribution in [0.3, 0.4) is 0 Å². The normalized spacial score (nSPS) is 10.3. The minimum Gasteiger partial charge on any atom is -0.497 e. The number of nitrogens with zero attached hydrogens (tertiary/aromatic N) is 1. The molecule has 0 aromatic heterocycles. The second-order valence-electron chi connectivity index (χ2n) is 2.77. The molecule has 0 aliphatic rings. The largest absolute Gasteiger partial charge is 0.497 e. The van der Waals surface area contributed by atoms with Gasteiger partial charge < -0.3 is 4.74 Å². The second-order valence-corrected chi connectivity index (χ2v) is 2.77. The third-order valence-electron chi connectivity index (χ3n) is 1.57. The van der Waals surface area contributed by atoms with Crippen molar-refractivity contribution in [3.8, 4) is 5.75 Å². The van der Waals surface area contributed by atoms with Crippen LogP contribution in [0.4, 0.5) is 0 Å². The van der Waals surface area contributed by atoms with Crippen molar-refractivity contribution in [2.45, 2.75) is 6.54 Å². The molecule has 0 amide bonds. The van der Waals surface area contributed by atoms with E-state index in [2.05, 4.69) is 0 Å². The Kier molecular flexibility index (Phi) is 3.08. The zero-order chi connectivity index (χ0) is 8.97. The summed E-state index contributed by atoms with van der Waals surface area (Å²) < 4.78 is 5.08. The predicted molar refractivity (Wildman–Crippen MR) is 48.6 cm³/mol. The molecule has 0 aliphatic heterocycles. The zero-order valence-electron chi connectivity index (χ0n) is 7.45. The fraction of sp³-hybridized carbons (Fsp3) is 0.333. The molecule has 1 aromatic carbocycles. The van der Waals surface area contributed by atoms with Crippen LogP contribution in [0.1, 0.15) is 5.56 Å². The third-order valence-corrected chi connectivity index (χ3v) is 1.57. The summed E-state index contributed by atoms with van der Waals surface area (Å²) in [4.78, 5) is 0. The molecule has 0 unspecified atom stereocenters. The maximum atomic E-state index is 5.51. The van der Waals surface area contributed by atoms with E-state index < -0.39 is 0 Å². The van der Waals surface area contributed by atoms with Gasteiger partial charge in [0.1, 0.15) is 5.75 Å². The summed E-state index contributed by atoms with van der Waals surface area (Å²) in [7, 11) is 3.49. The molecule has 12 heavy (non-hydrogen) atoms. The lowest BCUT2D eigenvalue weighted by atomic mass is 10.2. The van der Waals surface area contributed by atoms with E-state index in [0.717, 1.165) is 17.9 Å². The Morgan fingerprint density at radius 3 is 2.83 bits per heavy atom. The van der Waals surface area contributed by atoms with E-state index >= 15 is 0 Å². The quantitative estimate of drug-likeness (QED) is 0.538. The van der Waals surface area contributed by atoms with Gasteiger partial charge in [0.25, 0.3) is 0 Å². The minimum atomic E-state index is 0.733. The molecule has 0 bridgehead atoms. The fourth-order valence-electron chi connectivity index (χ4n) is 1.06. The zero-order valence-corrected chi connectivity index (χ0v) is 7.45. The second kappa shape index (κ2) is 4.09. The monoisotopic (exact) mass is 166 g/mol. The molecule has 0 aliphatic carbocycles. The summed E-state index contributed by atoms with van der Waals surface area (Å²) in [5.74, 6) is 6.38. The van der Waals surface area contributed by atoms with Crippen molar-refractivity contribution in [3.63, 3.8) is 0 Å². The van der Waals surface area contributed by atoms with Crippen molar-refractivity contribution in [3.05, 3.63) is 29.8 Å². The summed E-state index contributed by atoms with van der Waals surface area (Å²) in [5.41, 5.74) is 1.15. The Labute approximate surface area is 72.7 Å². The summed E-state index contributed by atoms with van der Waals surface area (Å²) in [6.45, 7) is 0.733. The predicted octanol–water partition coefficient (Wildman–Crippen LogP) is 1.00. The van der Waals surface area contributed by atoms with E-state index in [1.807, 2.05) is 31.3 Å². The molecule has 3 heteroatoms. The number of hydrogen-bond donors (Lipinski definition) is 1. The van der Waals surface area contributed by atoms with Crippen molar-refractivity contribution in [2.75, 3.05) is 14.2 Å². The lowest BCUT2D eigenvalue weighted by Gasteiger charge is -2.09. The lowest BCUT2D eigenvalue weighted by molar-refractivity contribution is 0.340. The van der Waals surface area contributed by atoms with Crippen LogP contribution in [0.15, 0.2) is 24.3 Å². The summed E-state index contributed by atoms with van der Waals surface area (Å²) in [5, 5.41) is 1.63. The number of benzene rings is 1. The van der Waals surface area contributed by atoms with Crippen molar-refractivity contribution in [1.29, 1.82) is 0 Å². The first-order valence-corrected chi connectivity index (χ1v) is 3.81. The highest BCUT2D eigenvalue weighted by molar-refractivity contribution is 5.28. The van der Waals surface area contributed by atoms with Crippen LogP contribution in [0.2, 0.25) is 0 Å². The Morgan fingerprint density at radius 1 is 1.50 bits per heavy atom. The highest BCUT2D eigenvalue weighted by Crippen LogP contribution is 2.12. The average Bonchev–Trinajstić information content (AvgIpc) is 2.03. The van der Waals surface area contributed by atoms with Gasteiger partial charge in [-0.2, -0.15) is 0 Å². The van der Waals surface area contributed by atoms with Gasteiger partial charge in [0.2, 0.25) is 0 Å². The van der Waals surface area contributed by atoms with Crippen LogP contribution in [0, 0.1) is 0 Å². The Hall–Kier alpha value is -1.06. The maximum absolute atomic E-state index is 5.51. The molecule has 0 saturated heterocycles. The summed E-state index contributed by atoms with van der Waals surface area (Å²) >= 11 is 0. The first kappa shape index (κ1) is 9.03. The standard InChI is InChI=1S/C9H14N2O/c1-11(10)7-8-4-3-5-9(6-8)12-2/h3-6H,7,10H2,1-2H3. The summed E-state index contributed by atoms with van der Waals surface area (Å²) in [6.07, 6.45) is 0. The number of methoxy groups -OCH3 is 1. The number of ether oxygens (including phenoxy) is 1. The van der Waals surface area contributed by atoms with Crippen LogP contribution in [-0.4, -0.2) is 19.2 Å². The van der Waals surface area contributed by atoms with Crippen LogP contribution in [-0.2, 0) is 6.54 Å². The first-order valence-electron chi connectivity index (χ1n) is 3.81. The van der Waals surface area contributed by atoms with Crippen LogP contribution < -0.4 is 10.6 Å². The number of hydrazine groups is 1. The lowest BCUT2D eigenvalue weighted by Crippen LogP contribution is -2.24. The van der Waals surface area contributed by atoms with Gasteiger partial charge >= 0.3 is 0 Å². The maximum Gasteiger partial charge on any atom is 0.119 e. The van der Waals surface area contributed by atoms with Gasteiger partial charge in [0.05, 0.1) is 7.11 Å².